The third-order valence-corrected chi connectivity index (χ3v) is 2.30. The molecule has 1 N–H and O–H groups in total. The van der Waals surface area contributed by atoms with Crippen molar-refractivity contribution in [2.75, 3.05) is 0 Å². The third kappa shape index (κ3) is 1.37. The number of halogens is 1. The molecule has 1 atom stereocenters. The van der Waals surface area contributed by atoms with Crippen molar-refractivity contribution in [1.29, 1.82) is 0 Å². The smallest absolute Gasteiger partial charge is 0.116 e. The van der Waals surface area contributed by atoms with E-state index in [4.69, 9.17) is 0 Å². The molecule has 12 heavy (non-hydrogen) atoms. The van der Waals surface area contributed by atoms with Crippen molar-refractivity contribution in [3.05, 3.63) is 33.2 Å². The maximum Gasteiger partial charge on any atom is 0.116 e. The van der Waals surface area contributed by atoms with Crippen molar-refractivity contribution in [3.63, 3.8) is 0 Å². The molecule has 0 aromatic heterocycles. The monoisotopic (exact) mass is 224 g/mol. The lowest BCUT2D eigenvalue weighted by Gasteiger charge is -2.10. The molecule has 0 radical (unpaired) electrons. The van der Waals surface area contributed by atoms with Crippen molar-refractivity contribution in [3.8, 4) is 0 Å². The van der Waals surface area contributed by atoms with E-state index in [1.54, 1.807) is 0 Å². The molecule has 2 rings (SSSR count). The molecule has 1 aromatic carbocycles. The highest BCUT2D eigenvalue weighted by molar-refractivity contribution is 9.10. The van der Waals surface area contributed by atoms with E-state index in [2.05, 4.69) is 26.2 Å². The second-order valence-electron chi connectivity index (χ2n) is 2.82. The van der Waals surface area contributed by atoms with Crippen molar-refractivity contribution >= 4 is 22.1 Å². The molecule has 0 aliphatic carbocycles. The molecule has 1 aliphatic rings. The van der Waals surface area contributed by atoms with Gasteiger partial charge in [0.25, 0.3) is 0 Å². The lowest BCUT2D eigenvalue weighted by Crippen LogP contribution is -2.37. The standard InChI is InChI=1S/C9H9BrN2/c1-6-11-5-7-2-3-8(10)4-9(7)12-6/h2-6,11H,1H3. The Morgan fingerprint density at radius 3 is 3.17 bits per heavy atom. The molecule has 0 saturated heterocycles. The van der Waals surface area contributed by atoms with E-state index >= 15 is 0 Å². The molecule has 1 heterocycles. The van der Waals surface area contributed by atoms with Gasteiger partial charge in [0, 0.05) is 15.9 Å². The van der Waals surface area contributed by atoms with Crippen LogP contribution in [0.1, 0.15) is 6.92 Å². The first-order valence-corrected chi connectivity index (χ1v) is 4.65. The van der Waals surface area contributed by atoms with E-state index < -0.39 is 0 Å². The van der Waals surface area contributed by atoms with Crippen LogP contribution in [0.5, 0.6) is 0 Å². The quantitative estimate of drug-likeness (QED) is 0.692. The zero-order chi connectivity index (χ0) is 8.55. The predicted molar refractivity (Wildman–Crippen MR) is 52.0 cm³/mol. The molecule has 1 unspecified atom stereocenters. The number of rotatable bonds is 0. The molecule has 1 aliphatic heterocycles. The minimum atomic E-state index is 0.187. The van der Waals surface area contributed by atoms with Crippen LogP contribution in [0.25, 0.3) is 6.20 Å². The fourth-order valence-electron chi connectivity index (χ4n) is 1.21. The van der Waals surface area contributed by atoms with Crippen LogP contribution in [0.3, 0.4) is 0 Å². The fourth-order valence-corrected chi connectivity index (χ4v) is 1.56. The first-order valence-electron chi connectivity index (χ1n) is 3.85. The van der Waals surface area contributed by atoms with Crippen LogP contribution in [-0.2, 0) is 0 Å². The Hall–Kier alpha value is -0.830. The van der Waals surface area contributed by atoms with E-state index in [0.29, 0.717) is 0 Å². The van der Waals surface area contributed by atoms with E-state index in [0.717, 1.165) is 15.0 Å². The van der Waals surface area contributed by atoms with Gasteiger partial charge in [0.1, 0.15) is 6.17 Å². The molecule has 0 bridgehead atoms. The van der Waals surface area contributed by atoms with Crippen molar-refractivity contribution in [2.24, 2.45) is 4.99 Å². The Labute approximate surface area is 79.1 Å². The maximum atomic E-state index is 4.43. The van der Waals surface area contributed by atoms with Gasteiger partial charge in [0.15, 0.2) is 0 Å². The lowest BCUT2D eigenvalue weighted by atomic mass is 10.2. The Morgan fingerprint density at radius 2 is 2.33 bits per heavy atom. The number of nitrogens with one attached hydrogen (secondary N) is 1. The summed E-state index contributed by atoms with van der Waals surface area (Å²) in [7, 11) is 0. The Kier molecular flexibility index (Phi) is 1.89. The summed E-state index contributed by atoms with van der Waals surface area (Å²) < 4.78 is 1.08. The van der Waals surface area contributed by atoms with Gasteiger partial charge >= 0.3 is 0 Å². The normalized spacial score (nSPS) is 20.0. The topological polar surface area (TPSA) is 24.4 Å². The zero-order valence-electron chi connectivity index (χ0n) is 6.71. The molecule has 1 aromatic rings. The molecular weight excluding hydrogens is 216 g/mol. The average molecular weight is 225 g/mol. The molecule has 0 spiro atoms. The van der Waals surface area contributed by atoms with Crippen LogP contribution < -0.4 is 15.9 Å². The summed E-state index contributed by atoms with van der Waals surface area (Å²) in [6.45, 7) is 2.03. The largest absolute Gasteiger partial charge is 0.369 e. The van der Waals surface area contributed by atoms with Crippen LogP contribution in [0.2, 0.25) is 0 Å². The molecular formula is C9H9BrN2. The summed E-state index contributed by atoms with van der Waals surface area (Å²) in [6.07, 6.45) is 2.19. The van der Waals surface area contributed by atoms with Crippen LogP contribution in [0.4, 0.5) is 0 Å². The van der Waals surface area contributed by atoms with Gasteiger partial charge in [-0.3, -0.25) is 4.99 Å². The Morgan fingerprint density at radius 1 is 1.50 bits per heavy atom. The van der Waals surface area contributed by atoms with E-state index in [-0.39, 0.29) is 6.17 Å². The number of hydrogen-bond donors (Lipinski definition) is 1. The molecule has 3 heteroatoms. The van der Waals surface area contributed by atoms with Crippen molar-refractivity contribution < 1.29 is 0 Å². The van der Waals surface area contributed by atoms with Crippen LogP contribution in [0, 0.1) is 0 Å². The van der Waals surface area contributed by atoms with E-state index in [1.807, 2.05) is 31.3 Å². The van der Waals surface area contributed by atoms with E-state index in [9.17, 15) is 0 Å². The highest BCUT2D eigenvalue weighted by atomic mass is 79.9. The maximum absolute atomic E-state index is 4.43. The van der Waals surface area contributed by atoms with Crippen LogP contribution in [0.15, 0.2) is 27.7 Å². The summed E-state index contributed by atoms with van der Waals surface area (Å²) in [5.41, 5.74) is 0. The predicted octanol–water partition coefficient (Wildman–Crippen LogP) is 0.756. The van der Waals surface area contributed by atoms with Crippen molar-refractivity contribution in [1.82, 2.24) is 5.32 Å². The molecule has 62 valence electrons. The van der Waals surface area contributed by atoms with Crippen LogP contribution >= 0.6 is 15.9 Å². The number of fused-ring (bicyclic) bond motifs is 1. The summed E-state index contributed by atoms with van der Waals surface area (Å²) in [4.78, 5) is 4.43. The lowest BCUT2D eigenvalue weighted by molar-refractivity contribution is 0.664. The highest BCUT2D eigenvalue weighted by Crippen LogP contribution is 2.02. The van der Waals surface area contributed by atoms with Gasteiger partial charge in [-0.25, -0.2) is 0 Å². The van der Waals surface area contributed by atoms with E-state index in [1.165, 1.54) is 0 Å². The summed E-state index contributed by atoms with van der Waals surface area (Å²) in [5.74, 6) is 0. The van der Waals surface area contributed by atoms with Gasteiger partial charge in [-0.15, -0.1) is 0 Å². The number of hydrogen-bond acceptors (Lipinski definition) is 2. The minimum Gasteiger partial charge on any atom is -0.369 e. The van der Waals surface area contributed by atoms with Gasteiger partial charge in [-0.1, -0.05) is 22.0 Å². The minimum absolute atomic E-state index is 0.187. The SMILES string of the molecule is CC1N=c2cc(Br)ccc2=CN1. The first kappa shape index (κ1) is 7.80. The molecule has 0 fully saturated rings. The zero-order valence-corrected chi connectivity index (χ0v) is 8.30. The van der Waals surface area contributed by atoms with Crippen LogP contribution in [-0.4, -0.2) is 6.17 Å². The van der Waals surface area contributed by atoms with Crippen molar-refractivity contribution in [2.45, 2.75) is 13.1 Å². The number of benzene rings is 1. The molecule has 2 nitrogen and oxygen atoms in total. The molecule has 0 amide bonds. The fraction of sp³-hybridized carbons (Fsp3) is 0.222. The average Bonchev–Trinajstić information content (AvgIpc) is 2.03. The second-order valence-corrected chi connectivity index (χ2v) is 3.73. The van der Waals surface area contributed by atoms with Gasteiger partial charge in [-0.2, -0.15) is 0 Å². The van der Waals surface area contributed by atoms with Gasteiger partial charge in [0.2, 0.25) is 0 Å². The summed E-state index contributed by atoms with van der Waals surface area (Å²) >= 11 is 3.42. The van der Waals surface area contributed by atoms with Gasteiger partial charge in [0.05, 0.1) is 5.36 Å². The van der Waals surface area contributed by atoms with Gasteiger partial charge in [-0.05, 0) is 19.1 Å². The first-order chi connectivity index (χ1) is 5.75. The highest BCUT2D eigenvalue weighted by Gasteiger charge is 1.99. The Balaban J connectivity index is 2.72. The Bertz CT molecular complexity index is 411. The molecule has 0 saturated carbocycles. The summed E-state index contributed by atoms with van der Waals surface area (Å²) in [5, 5.41) is 5.35. The number of nitrogens with zero attached hydrogens (tertiary/aromatic N) is 1. The summed E-state index contributed by atoms with van der Waals surface area (Å²) in [6, 6.07) is 6.09. The third-order valence-electron chi connectivity index (χ3n) is 1.81. The second kappa shape index (κ2) is 2.90. The van der Waals surface area contributed by atoms with Gasteiger partial charge < -0.3 is 5.32 Å².